The van der Waals surface area contributed by atoms with Crippen LogP contribution < -0.4 is 11.1 Å². The molecule has 0 unspecified atom stereocenters. The van der Waals surface area contributed by atoms with Gasteiger partial charge >= 0.3 is 6.09 Å². The van der Waals surface area contributed by atoms with E-state index in [4.69, 9.17) is 15.2 Å². The Hall–Kier alpha value is -2.57. The number of ether oxygens (including phenoxy) is 2. The van der Waals surface area contributed by atoms with Gasteiger partial charge in [0.1, 0.15) is 6.61 Å². The first-order valence-corrected chi connectivity index (χ1v) is 7.33. The van der Waals surface area contributed by atoms with Gasteiger partial charge in [-0.25, -0.2) is 4.79 Å². The molecule has 6 nitrogen and oxygen atoms in total. The van der Waals surface area contributed by atoms with Gasteiger partial charge in [0.25, 0.3) is 0 Å². The minimum absolute atomic E-state index is 0. The fourth-order valence-corrected chi connectivity index (χ4v) is 1.57. The Balaban J connectivity index is 0. The van der Waals surface area contributed by atoms with Crippen molar-refractivity contribution in [3.05, 3.63) is 59.7 Å². The smallest absolute Gasteiger partial charge is 0.411 e. The van der Waals surface area contributed by atoms with Crippen molar-refractivity contribution in [2.24, 2.45) is 0 Å². The van der Waals surface area contributed by atoms with E-state index in [-0.39, 0.29) is 13.5 Å². The number of hydrogen-bond donors (Lipinski definition) is 2. The Kier molecular flexibility index (Phi) is 10.6. The molecule has 0 bridgehead atoms. The second-order valence-electron chi connectivity index (χ2n) is 5.03. The van der Waals surface area contributed by atoms with E-state index < -0.39 is 6.09 Å². The van der Waals surface area contributed by atoms with Gasteiger partial charge in [-0.2, -0.15) is 0 Å². The van der Waals surface area contributed by atoms with Gasteiger partial charge in [-0.05, 0) is 38.1 Å². The molecule has 6 heteroatoms. The molecule has 24 heavy (non-hydrogen) atoms. The highest BCUT2D eigenvalue weighted by molar-refractivity contribution is 5.84. The highest BCUT2D eigenvalue weighted by Gasteiger charge is 2.01. The number of methoxy groups -OCH3 is 1. The van der Waals surface area contributed by atoms with Gasteiger partial charge in [-0.3, -0.25) is 5.32 Å². The Morgan fingerprint density at radius 3 is 1.96 bits per heavy atom. The lowest BCUT2D eigenvalue weighted by Crippen LogP contribution is -2.16. The third-order valence-electron chi connectivity index (χ3n) is 2.90. The van der Waals surface area contributed by atoms with Crippen LogP contribution in [0.2, 0.25) is 0 Å². The van der Waals surface area contributed by atoms with Crippen molar-refractivity contribution < 1.29 is 21.2 Å². The Bertz CT molecular complexity index is 568. The largest absolute Gasteiger partial charge is 0.447 e. The maximum atomic E-state index is 11.2. The standard InChI is InChI=1S/C11H15NO3.C7H9N.H2O.H2/c1-9-3-5-10(6-4-9)12-11(13)15-8-7-14-2;1-6-2-4-7(8)5-3-6;;/h3-6H,7-8H2,1-2H3,(H,12,13);2-5H,8H2,1H3;1H2;1H. The number of hydrogen-bond acceptors (Lipinski definition) is 4. The van der Waals surface area contributed by atoms with E-state index in [2.05, 4.69) is 5.32 Å². The van der Waals surface area contributed by atoms with Gasteiger partial charge < -0.3 is 20.7 Å². The molecule has 2 aromatic rings. The molecule has 0 atom stereocenters. The van der Waals surface area contributed by atoms with Gasteiger partial charge in [-0.1, -0.05) is 35.4 Å². The number of benzene rings is 2. The number of carbonyl (C=O) groups is 1. The SMILES string of the molecule is COCCOC(=O)Nc1ccc(C)cc1.Cc1ccc(N)cc1.O.[HH]. The van der Waals surface area contributed by atoms with Crippen LogP contribution in [0.3, 0.4) is 0 Å². The summed E-state index contributed by atoms with van der Waals surface area (Å²) >= 11 is 0. The number of amides is 1. The number of carbonyl (C=O) groups excluding carboxylic acids is 1. The average Bonchev–Trinajstić information content (AvgIpc) is 2.53. The molecule has 0 aliphatic heterocycles. The zero-order valence-electron chi connectivity index (χ0n) is 14.3. The fourth-order valence-electron chi connectivity index (χ4n) is 1.57. The molecule has 0 heterocycles. The average molecular weight is 336 g/mol. The molecular formula is C18H28N2O4. The van der Waals surface area contributed by atoms with E-state index >= 15 is 0 Å². The molecule has 1 amide bonds. The summed E-state index contributed by atoms with van der Waals surface area (Å²) in [6, 6.07) is 15.3. The van der Waals surface area contributed by atoms with Crippen molar-refractivity contribution in [1.29, 1.82) is 0 Å². The minimum atomic E-state index is -0.462. The van der Waals surface area contributed by atoms with Crippen molar-refractivity contribution in [1.82, 2.24) is 0 Å². The highest BCUT2D eigenvalue weighted by atomic mass is 16.6. The molecule has 134 valence electrons. The van der Waals surface area contributed by atoms with Crippen molar-refractivity contribution >= 4 is 17.5 Å². The van der Waals surface area contributed by atoms with Crippen molar-refractivity contribution in [3.63, 3.8) is 0 Å². The summed E-state index contributed by atoms with van der Waals surface area (Å²) in [4.78, 5) is 11.2. The normalized spacial score (nSPS) is 9.12. The second-order valence-corrected chi connectivity index (χ2v) is 5.03. The van der Waals surface area contributed by atoms with E-state index in [1.54, 1.807) is 7.11 Å². The van der Waals surface area contributed by atoms with Crippen molar-refractivity contribution in [3.8, 4) is 0 Å². The molecule has 0 aliphatic rings. The lowest BCUT2D eigenvalue weighted by molar-refractivity contribution is 0.107. The summed E-state index contributed by atoms with van der Waals surface area (Å²) in [5.41, 5.74) is 9.38. The maximum absolute atomic E-state index is 11.2. The summed E-state index contributed by atoms with van der Waals surface area (Å²) in [6.07, 6.45) is -0.462. The van der Waals surface area contributed by atoms with E-state index in [9.17, 15) is 4.79 Å². The molecule has 0 saturated carbocycles. The minimum Gasteiger partial charge on any atom is -0.447 e. The molecule has 0 spiro atoms. The Morgan fingerprint density at radius 2 is 1.50 bits per heavy atom. The van der Waals surface area contributed by atoms with Crippen LogP contribution in [0.15, 0.2) is 48.5 Å². The topological polar surface area (TPSA) is 105 Å². The van der Waals surface area contributed by atoms with Gasteiger partial charge in [0, 0.05) is 19.9 Å². The molecule has 0 radical (unpaired) electrons. The van der Waals surface area contributed by atoms with Crippen LogP contribution in [-0.2, 0) is 9.47 Å². The fraction of sp³-hybridized carbons (Fsp3) is 0.278. The summed E-state index contributed by atoms with van der Waals surface area (Å²) < 4.78 is 9.59. The molecule has 0 fully saturated rings. The van der Waals surface area contributed by atoms with E-state index in [1.807, 2.05) is 62.4 Å². The van der Waals surface area contributed by atoms with Crippen LogP contribution in [0.4, 0.5) is 16.2 Å². The van der Waals surface area contributed by atoms with Crippen LogP contribution in [0.25, 0.3) is 0 Å². The first kappa shape index (κ1) is 21.4. The lowest BCUT2D eigenvalue weighted by atomic mass is 10.2. The molecular weight excluding hydrogens is 308 g/mol. The number of rotatable bonds is 4. The zero-order chi connectivity index (χ0) is 17.1. The summed E-state index contributed by atoms with van der Waals surface area (Å²) in [5, 5.41) is 2.61. The summed E-state index contributed by atoms with van der Waals surface area (Å²) in [6.45, 7) is 4.69. The second kappa shape index (κ2) is 11.9. The van der Waals surface area contributed by atoms with Gasteiger partial charge in [0.2, 0.25) is 0 Å². The van der Waals surface area contributed by atoms with Crippen LogP contribution in [-0.4, -0.2) is 31.9 Å². The van der Waals surface area contributed by atoms with Gasteiger partial charge in [0.15, 0.2) is 0 Å². The van der Waals surface area contributed by atoms with Gasteiger partial charge in [-0.15, -0.1) is 0 Å². The van der Waals surface area contributed by atoms with Crippen molar-refractivity contribution in [2.75, 3.05) is 31.4 Å². The van der Waals surface area contributed by atoms with E-state index in [0.29, 0.717) is 6.61 Å². The van der Waals surface area contributed by atoms with Crippen molar-refractivity contribution in [2.45, 2.75) is 13.8 Å². The molecule has 0 aliphatic carbocycles. The number of nitrogens with two attached hydrogens (primary N) is 1. The maximum Gasteiger partial charge on any atom is 0.411 e. The quantitative estimate of drug-likeness (QED) is 0.660. The lowest BCUT2D eigenvalue weighted by Gasteiger charge is -2.06. The first-order valence-electron chi connectivity index (χ1n) is 7.33. The molecule has 2 rings (SSSR count). The Morgan fingerprint density at radius 1 is 1.00 bits per heavy atom. The third-order valence-corrected chi connectivity index (χ3v) is 2.90. The highest BCUT2D eigenvalue weighted by Crippen LogP contribution is 2.08. The number of aryl methyl sites for hydroxylation is 2. The Labute approximate surface area is 144 Å². The molecule has 0 saturated heterocycles. The predicted octanol–water partition coefficient (Wildman–Crippen LogP) is 3.19. The summed E-state index contributed by atoms with van der Waals surface area (Å²) in [5.74, 6) is 0. The molecule has 5 N–H and O–H groups in total. The molecule has 0 aromatic heterocycles. The summed E-state index contributed by atoms with van der Waals surface area (Å²) in [7, 11) is 1.56. The van der Waals surface area contributed by atoms with Crippen LogP contribution in [0.5, 0.6) is 0 Å². The van der Waals surface area contributed by atoms with E-state index in [1.165, 1.54) is 5.56 Å². The van der Waals surface area contributed by atoms with Gasteiger partial charge in [0.05, 0.1) is 6.61 Å². The predicted molar refractivity (Wildman–Crippen MR) is 99.3 cm³/mol. The van der Waals surface area contributed by atoms with Crippen LogP contribution in [0, 0.1) is 13.8 Å². The molecule has 2 aromatic carbocycles. The van der Waals surface area contributed by atoms with E-state index in [0.717, 1.165) is 16.9 Å². The first-order chi connectivity index (χ1) is 11.0. The number of anilines is 2. The zero-order valence-corrected chi connectivity index (χ0v) is 14.3. The van der Waals surface area contributed by atoms with Crippen LogP contribution >= 0.6 is 0 Å². The number of nitrogen functional groups attached to an aromatic ring is 1. The third kappa shape index (κ3) is 9.45. The van der Waals surface area contributed by atoms with Crippen LogP contribution in [0.1, 0.15) is 12.6 Å². The number of nitrogens with one attached hydrogen (secondary N) is 1. The monoisotopic (exact) mass is 336 g/mol.